The van der Waals surface area contributed by atoms with E-state index in [0.717, 1.165) is 30.5 Å². The molecule has 1 unspecified atom stereocenters. The summed E-state index contributed by atoms with van der Waals surface area (Å²) in [4.78, 5) is 11.8. The van der Waals surface area contributed by atoms with Gasteiger partial charge in [-0.1, -0.05) is 25.5 Å². The van der Waals surface area contributed by atoms with Crippen molar-refractivity contribution in [3.63, 3.8) is 0 Å². The van der Waals surface area contributed by atoms with E-state index in [-0.39, 0.29) is 6.03 Å². The van der Waals surface area contributed by atoms with Crippen LogP contribution < -0.4 is 16.4 Å². The van der Waals surface area contributed by atoms with E-state index in [0.29, 0.717) is 19.0 Å². The normalized spacial score (nSPS) is 11.9. The molecule has 0 saturated heterocycles. The molecule has 0 spiro atoms. The average molecular weight is 263 g/mol. The molecular formula is C15H25N3O. The highest BCUT2D eigenvalue weighted by Crippen LogP contribution is 2.10. The van der Waals surface area contributed by atoms with Crippen LogP contribution in [0, 0.1) is 12.8 Å². The summed E-state index contributed by atoms with van der Waals surface area (Å²) in [7, 11) is 0. The van der Waals surface area contributed by atoms with E-state index in [1.54, 1.807) is 0 Å². The van der Waals surface area contributed by atoms with Crippen molar-refractivity contribution in [1.29, 1.82) is 0 Å². The highest BCUT2D eigenvalue weighted by molar-refractivity contribution is 5.89. The number of carbonyl (C=O) groups excluding carboxylic acids is 1. The Hall–Kier alpha value is -1.55. The first-order valence-electron chi connectivity index (χ1n) is 6.97. The lowest BCUT2D eigenvalue weighted by Gasteiger charge is -2.16. The molecule has 0 heterocycles. The lowest BCUT2D eigenvalue weighted by atomic mass is 10.00. The molecule has 1 aromatic carbocycles. The molecule has 0 bridgehead atoms. The summed E-state index contributed by atoms with van der Waals surface area (Å²) >= 11 is 0. The van der Waals surface area contributed by atoms with Crippen molar-refractivity contribution < 1.29 is 4.79 Å². The van der Waals surface area contributed by atoms with E-state index >= 15 is 0 Å². The molecule has 19 heavy (non-hydrogen) atoms. The van der Waals surface area contributed by atoms with Crippen LogP contribution in [0.3, 0.4) is 0 Å². The minimum atomic E-state index is -0.149. The molecule has 0 aromatic heterocycles. The fourth-order valence-electron chi connectivity index (χ4n) is 2.13. The lowest BCUT2D eigenvalue weighted by Crippen LogP contribution is -2.33. The number of nitrogens with one attached hydrogen (secondary N) is 2. The Morgan fingerprint density at radius 3 is 2.79 bits per heavy atom. The van der Waals surface area contributed by atoms with Crippen molar-refractivity contribution in [2.75, 3.05) is 18.4 Å². The van der Waals surface area contributed by atoms with Crippen LogP contribution in [0.2, 0.25) is 0 Å². The van der Waals surface area contributed by atoms with Crippen molar-refractivity contribution in [3.8, 4) is 0 Å². The Kier molecular flexibility index (Phi) is 6.97. The first-order valence-corrected chi connectivity index (χ1v) is 6.97. The number of hydrogen-bond acceptors (Lipinski definition) is 2. The summed E-state index contributed by atoms with van der Waals surface area (Å²) in [5, 5.41) is 5.76. The van der Waals surface area contributed by atoms with E-state index in [9.17, 15) is 4.79 Å². The number of hydrogen-bond donors (Lipinski definition) is 3. The maximum absolute atomic E-state index is 11.8. The van der Waals surface area contributed by atoms with Gasteiger partial charge in [-0.25, -0.2) is 4.79 Å². The van der Waals surface area contributed by atoms with Crippen LogP contribution in [0.15, 0.2) is 24.3 Å². The maximum Gasteiger partial charge on any atom is 0.319 e. The fourth-order valence-corrected chi connectivity index (χ4v) is 2.13. The number of aryl methyl sites for hydroxylation is 1. The van der Waals surface area contributed by atoms with Crippen LogP contribution in [0.5, 0.6) is 0 Å². The standard InChI is InChI=1S/C15H25N3O/c1-3-5-13(8-9-16)11-17-15(19)18-14-7-4-6-12(2)10-14/h4,6-7,10,13H,3,5,8-9,11,16H2,1-2H3,(H2,17,18,19). The first kappa shape index (κ1) is 15.5. The Morgan fingerprint density at radius 1 is 1.37 bits per heavy atom. The highest BCUT2D eigenvalue weighted by atomic mass is 16.2. The second-order valence-electron chi connectivity index (χ2n) is 4.94. The third-order valence-electron chi connectivity index (χ3n) is 3.10. The monoisotopic (exact) mass is 263 g/mol. The topological polar surface area (TPSA) is 67.1 Å². The zero-order valence-electron chi connectivity index (χ0n) is 11.9. The Bertz CT molecular complexity index is 387. The molecule has 4 N–H and O–H groups in total. The van der Waals surface area contributed by atoms with Gasteiger partial charge >= 0.3 is 6.03 Å². The molecule has 2 amide bonds. The van der Waals surface area contributed by atoms with Gasteiger partial charge in [0.2, 0.25) is 0 Å². The van der Waals surface area contributed by atoms with Crippen molar-refractivity contribution in [2.45, 2.75) is 33.1 Å². The molecule has 0 aliphatic heterocycles. The second-order valence-corrected chi connectivity index (χ2v) is 4.94. The molecule has 106 valence electrons. The Labute approximate surface area is 115 Å². The summed E-state index contributed by atoms with van der Waals surface area (Å²) in [6, 6.07) is 7.61. The van der Waals surface area contributed by atoms with E-state index in [1.807, 2.05) is 31.2 Å². The van der Waals surface area contributed by atoms with Crippen LogP contribution in [0.25, 0.3) is 0 Å². The van der Waals surface area contributed by atoms with E-state index in [1.165, 1.54) is 0 Å². The zero-order valence-corrected chi connectivity index (χ0v) is 11.9. The van der Waals surface area contributed by atoms with Crippen LogP contribution in [0.1, 0.15) is 31.7 Å². The molecule has 0 radical (unpaired) electrons. The minimum absolute atomic E-state index is 0.149. The lowest BCUT2D eigenvalue weighted by molar-refractivity contribution is 0.249. The zero-order chi connectivity index (χ0) is 14.1. The van der Waals surface area contributed by atoms with Gasteiger partial charge in [0.15, 0.2) is 0 Å². The van der Waals surface area contributed by atoms with Crippen molar-refractivity contribution >= 4 is 11.7 Å². The van der Waals surface area contributed by atoms with Crippen molar-refractivity contribution in [3.05, 3.63) is 29.8 Å². The largest absolute Gasteiger partial charge is 0.338 e. The number of nitrogens with two attached hydrogens (primary N) is 1. The van der Waals surface area contributed by atoms with Gasteiger partial charge < -0.3 is 16.4 Å². The predicted octanol–water partition coefficient (Wildman–Crippen LogP) is 2.88. The Morgan fingerprint density at radius 2 is 2.16 bits per heavy atom. The maximum atomic E-state index is 11.8. The summed E-state index contributed by atoms with van der Waals surface area (Å²) in [5.41, 5.74) is 7.53. The SMILES string of the molecule is CCCC(CCN)CNC(=O)Nc1cccc(C)c1. The molecule has 0 saturated carbocycles. The molecule has 0 aliphatic carbocycles. The van der Waals surface area contributed by atoms with Crippen molar-refractivity contribution in [1.82, 2.24) is 5.32 Å². The average Bonchev–Trinajstić information content (AvgIpc) is 2.36. The van der Waals surface area contributed by atoms with Gasteiger partial charge in [0.1, 0.15) is 0 Å². The molecule has 4 heteroatoms. The van der Waals surface area contributed by atoms with Crippen LogP contribution in [0.4, 0.5) is 10.5 Å². The number of carbonyl (C=O) groups is 1. The molecule has 1 rings (SSSR count). The Balaban J connectivity index is 2.38. The number of benzene rings is 1. The summed E-state index contributed by atoms with van der Waals surface area (Å²) in [6.45, 7) is 5.51. The quantitative estimate of drug-likeness (QED) is 0.708. The van der Waals surface area contributed by atoms with E-state index < -0.39 is 0 Å². The third-order valence-corrected chi connectivity index (χ3v) is 3.10. The molecular weight excluding hydrogens is 238 g/mol. The minimum Gasteiger partial charge on any atom is -0.338 e. The van der Waals surface area contributed by atoms with Gasteiger partial charge in [-0.2, -0.15) is 0 Å². The summed E-state index contributed by atoms with van der Waals surface area (Å²) < 4.78 is 0. The smallest absolute Gasteiger partial charge is 0.319 e. The van der Waals surface area contributed by atoms with Crippen molar-refractivity contribution in [2.24, 2.45) is 11.7 Å². The highest BCUT2D eigenvalue weighted by Gasteiger charge is 2.09. The third kappa shape index (κ3) is 6.25. The van der Waals surface area contributed by atoms with Gasteiger partial charge in [0, 0.05) is 12.2 Å². The predicted molar refractivity (Wildman–Crippen MR) is 80.3 cm³/mol. The van der Waals surface area contributed by atoms with Gasteiger partial charge in [-0.3, -0.25) is 0 Å². The van der Waals surface area contributed by atoms with Crippen LogP contribution in [-0.2, 0) is 0 Å². The van der Waals surface area contributed by atoms with Gasteiger partial charge in [-0.15, -0.1) is 0 Å². The molecule has 0 fully saturated rings. The molecule has 4 nitrogen and oxygen atoms in total. The number of anilines is 1. The summed E-state index contributed by atoms with van der Waals surface area (Å²) in [6.07, 6.45) is 3.17. The second kappa shape index (κ2) is 8.53. The molecule has 1 aromatic rings. The molecule has 1 atom stereocenters. The van der Waals surface area contributed by atoms with Crippen LogP contribution in [-0.4, -0.2) is 19.1 Å². The van der Waals surface area contributed by atoms with E-state index in [4.69, 9.17) is 5.73 Å². The fraction of sp³-hybridized carbons (Fsp3) is 0.533. The van der Waals surface area contributed by atoms with Gasteiger partial charge in [0.25, 0.3) is 0 Å². The van der Waals surface area contributed by atoms with E-state index in [2.05, 4.69) is 17.6 Å². The van der Waals surface area contributed by atoms with Crippen LogP contribution >= 0.6 is 0 Å². The number of amides is 2. The number of rotatable bonds is 7. The number of urea groups is 1. The van der Waals surface area contributed by atoms with Gasteiger partial charge in [0.05, 0.1) is 0 Å². The molecule has 0 aliphatic rings. The first-order chi connectivity index (χ1) is 9.15. The summed E-state index contributed by atoms with van der Waals surface area (Å²) in [5.74, 6) is 0.471. The van der Waals surface area contributed by atoms with Gasteiger partial charge in [-0.05, 0) is 49.9 Å².